The molecular formula is C16H22ClN3O4. The third-order valence-electron chi connectivity index (χ3n) is 3.91. The summed E-state index contributed by atoms with van der Waals surface area (Å²) in [5.74, 6) is -0.485. The summed E-state index contributed by atoms with van der Waals surface area (Å²) >= 11 is 6.06. The minimum Gasteiger partial charge on any atom is -0.496 e. The maximum Gasteiger partial charge on any atom is 0.322 e. The first-order chi connectivity index (χ1) is 11.5. The molecule has 0 unspecified atom stereocenters. The monoisotopic (exact) mass is 355 g/mol. The van der Waals surface area contributed by atoms with E-state index in [1.807, 2.05) is 17.0 Å². The predicted octanol–water partition coefficient (Wildman–Crippen LogP) is 0.667. The minimum atomic E-state index is -1.04. The number of methoxy groups -OCH3 is 1. The number of aliphatic carboxylic acids is 1. The van der Waals surface area contributed by atoms with Crippen molar-refractivity contribution in [2.24, 2.45) is 0 Å². The zero-order valence-electron chi connectivity index (χ0n) is 13.6. The third-order valence-corrected chi connectivity index (χ3v) is 4.14. The molecule has 0 radical (unpaired) electrons. The summed E-state index contributed by atoms with van der Waals surface area (Å²) in [7, 11) is 1.64. The van der Waals surface area contributed by atoms with Gasteiger partial charge in [0.25, 0.3) is 0 Å². The second kappa shape index (κ2) is 8.86. The highest BCUT2D eigenvalue weighted by atomic mass is 35.5. The summed E-state index contributed by atoms with van der Waals surface area (Å²) in [4.78, 5) is 26.4. The number of carbonyl (C=O) groups excluding carboxylic acids is 1. The lowest BCUT2D eigenvalue weighted by atomic mass is 10.1. The Labute approximate surface area is 146 Å². The molecule has 24 heavy (non-hydrogen) atoms. The van der Waals surface area contributed by atoms with Crippen LogP contribution in [0.4, 0.5) is 0 Å². The van der Waals surface area contributed by atoms with E-state index in [1.54, 1.807) is 13.2 Å². The Morgan fingerprint density at radius 1 is 1.25 bits per heavy atom. The van der Waals surface area contributed by atoms with Crippen molar-refractivity contribution in [2.75, 3.05) is 46.4 Å². The van der Waals surface area contributed by atoms with Crippen molar-refractivity contribution in [3.05, 3.63) is 28.8 Å². The van der Waals surface area contributed by atoms with Gasteiger partial charge >= 0.3 is 5.97 Å². The summed E-state index contributed by atoms with van der Waals surface area (Å²) < 4.78 is 5.37. The smallest absolute Gasteiger partial charge is 0.322 e. The Morgan fingerprint density at radius 2 is 1.92 bits per heavy atom. The molecule has 2 rings (SSSR count). The largest absolute Gasteiger partial charge is 0.496 e. The van der Waals surface area contributed by atoms with Crippen molar-refractivity contribution in [1.29, 1.82) is 0 Å². The van der Waals surface area contributed by atoms with Crippen LogP contribution in [0.25, 0.3) is 0 Å². The lowest BCUT2D eigenvalue weighted by Crippen LogP contribution is -2.49. The zero-order chi connectivity index (χ0) is 17.5. The maximum atomic E-state index is 11.6. The van der Waals surface area contributed by atoms with Crippen molar-refractivity contribution >= 4 is 23.5 Å². The Bertz CT molecular complexity index is 589. The van der Waals surface area contributed by atoms with Gasteiger partial charge in [0.2, 0.25) is 5.91 Å². The van der Waals surface area contributed by atoms with Crippen molar-refractivity contribution < 1.29 is 19.4 Å². The Hall–Kier alpha value is -1.83. The van der Waals surface area contributed by atoms with Crippen molar-refractivity contribution in [1.82, 2.24) is 15.1 Å². The second-order valence-electron chi connectivity index (χ2n) is 5.68. The number of carbonyl (C=O) groups is 2. The Balaban J connectivity index is 1.80. The van der Waals surface area contributed by atoms with Crippen molar-refractivity contribution in [2.45, 2.75) is 6.54 Å². The number of benzene rings is 1. The van der Waals surface area contributed by atoms with Gasteiger partial charge in [-0.1, -0.05) is 11.6 Å². The fraction of sp³-hybridized carbons (Fsp3) is 0.500. The molecule has 2 N–H and O–H groups in total. The average molecular weight is 356 g/mol. The van der Waals surface area contributed by atoms with E-state index in [1.165, 1.54) is 0 Å². The molecule has 1 fully saturated rings. The summed E-state index contributed by atoms with van der Waals surface area (Å²) in [6.07, 6.45) is 0. The van der Waals surface area contributed by atoms with Crippen LogP contribution < -0.4 is 10.1 Å². The van der Waals surface area contributed by atoms with Gasteiger partial charge in [0.1, 0.15) is 12.3 Å². The minimum absolute atomic E-state index is 0.224. The van der Waals surface area contributed by atoms with Crippen LogP contribution in [0.5, 0.6) is 5.75 Å². The first-order valence-corrected chi connectivity index (χ1v) is 8.11. The molecule has 1 aliphatic rings. The van der Waals surface area contributed by atoms with Gasteiger partial charge in [-0.25, -0.2) is 0 Å². The van der Waals surface area contributed by atoms with E-state index >= 15 is 0 Å². The fourth-order valence-electron chi connectivity index (χ4n) is 2.65. The van der Waals surface area contributed by atoms with Crippen LogP contribution in [-0.2, 0) is 16.1 Å². The van der Waals surface area contributed by atoms with Crippen LogP contribution in [0.15, 0.2) is 18.2 Å². The molecular weight excluding hydrogens is 334 g/mol. The van der Waals surface area contributed by atoms with Crippen LogP contribution in [0.1, 0.15) is 5.56 Å². The Kier molecular flexibility index (Phi) is 6.84. The first-order valence-electron chi connectivity index (χ1n) is 7.73. The molecule has 0 spiro atoms. The molecule has 1 aromatic rings. The van der Waals surface area contributed by atoms with Crippen LogP contribution in [-0.4, -0.2) is 73.2 Å². The van der Waals surface area contributed by atoms with Gasteiger partial charge in [0.15, 0.2) is 0 Å². The molecule has 0 saturated carbocycles. The number of rotatable bonds is 7. The molecule has 0 aromatic heterocycles. The van der Waals surface area contributed by atoms with Crippen LogP contribution in [0, 0.1) is 0 Å². The van der Waals surface area contributed by atoms with Crippen molar-refractivity contribution in [3.63, 3.8) is 0 Å². The molecule has 8 heteroatoms. The van der Waals surface area contributed by atoms with E-state index in [0.29, 0.717) is 5.02 Å². The maximum absolute atomic E-state index is 11.6. The van der Waals surface area contributed by atoms with E-state index in [2.05, 4.69) is 10.2 Å². The number of piperazine rings is 1. The van der Waals surface area contributed by atoms with Gasteiger partial charge in [-0.3, -0.25) is 19.4 Å². The van der Waals surface area contributed by atoms with Gasteiger partial charge in [0.05, 0.1) is 13.7 Å². The summed E-state index contributed by atoms with van der Waals surface area (Å²) in [6.45, 7) is 3.77. The summed E-state index contributed by atoms with van der Waals surface area (Å²) in [6, 6.07) is 5.57. The summed E-state index contributed by atoms with van der Waals surface area (Å²) in [5, 5.41) is 11.6. The van der Waals surface area contributed by atoms with Gasteiger partial charge in [-0.2, -0.15) is 0 Å². The highest BCUT2D eigenvalue weighted by Crippen LogP contribution is 2.24. The number of ether oxygens (including phenoxy) is 1. The fourth-order valence-corrected chi connectivity index (χ4v) is 2.85. The average Bonchev–Trinajstić information content (AvgIpc) is 2.55. The highest BCUT2D eigenvalue weighted by Gasteiger charge is 2.20. The van der Waals surface area contributed by atoms with E-state index < -0.39 is 5.97 Å². The van der Waals surface area contributed by atoms with E-state index in [4.69, 9.17) is 21.4 Å². The normalized spacial score (nSPS) is 15.9. The molecule has 0 bridgehead atoms. The van der Waals surface area contributed by atoms with Gasteiger partial charge < -0.3 is 15.2 Å². The van der Waals surface area contributed by atoms with E-state index in [-0.39, 0.29) is 19.0 Å². The van der Waals surface area contributed by atoms with Crippen LogP contribution in [0.3, 0.4) is 0 Å². The molecule has 1 heterocycles. The lowest BCUT2D eigenvalue weighted by Gasteiger charge is -2.34. The van der Waals surface area contributed by atoms with Crippen molar-refractivity contribution in [3.8, 4) is 5.75 Å². The number of carboxylic acids is 1. The molecule has 7 nitrogen and oxygen atoms in total. The number of hydrogen-bond donors (Lipinski definition) is 2. The molecule has 132 valence electrons. The zero-order valence-corrected chi connectivity index (χ0v) is 14.4. The second-order valence-corrected chi connectivity index (χ2v) is 6.12. The number of halogens is 1. The number of nitrogens with one attached hydrogen (secondary N) is 1. The molecule has 1 aromatic carbocycles. The molecule has 0 aliphatic carbocycles. The lowest BCUT2D eigenvalue weighted by molar-refractivity contribution is -0.138. The molecule has 1 saturated heterocycles. The predicted molar refractivity (Wildman–Crippen MR) is 90.4 cm³/mol. The highest BCUT2D eigenvalue weighted by molar-refractivity contribution is 6.30. The summed E-state index contributed by atoms with van der Waals surface area (Å²) in [5.41, 5.74) is 1.04. The first kappa shape index (κ1) is 18.5. The number of amides is 1. The van der Waals surface area contributed by atoms with Crippen LogP contribution in [0.2, 0.25) is 5.02 Å². The molecule has 1 aliphatic heterocycles. The topological polar surface area (TPSA) is 82.1 Å². The number of hydrogen-bond acceptors (Lipinski definition) is 5. The van der Waals surface area contributed by atoms with Crippen LogP contribution >= 0.6 is 11.6 Å². The SMILES string of the molecule is COc1ccc(Cl)cc1CN1CCN(CC(=O)NCC(=O)O)CC1. The van der Waals surface area contributed by atoms with Gasteiger partial charge in [0, 0.05) is 43.3 Å². The standard InChI is InChI=1S/C16H22ClN3O4/c1-24-14-3-2-13(17)8-12(14)10-19-4-6-20(7-5-19)11-15(21)18-9-16(22)23/h2-3,8H,4-7,9-11H2,1H3,(H,18,21)(H,22,23). The molecule has 1 amide bonds. The van der Waals surface area contributed by atoms with Gasteiger partial charge in [-0.05, 0) is 18.2 Å². The number of nitrogens with zero attached hydrogens (tertiary/aromatic N) is 2. The van der Waals surface area contributed by atoms with Gasteiger partial charge in [-0.15, -0.1) is 0 Å². The number of carboxylic acid groups (broad SMARTS) is 1. The third kappa shape index (κ3) is 5.67. The quantitative estimate of drug-likeness (QED) is 0.748. The van der Waals surface area contributed by atoms with E-state index in [9.17, 15) is 9.59 Å². The molecule has 0 atom stereocenters. The Morgan fingerprint density at radius 3 is 2.54 bits per heavy atom. The van der Waals surface area contributed by atoms with E-state index in [0.717, 1.165) is 44.0 Å².